The van der Waals surface area contributed by atoms with Gasteiger partial charge >= 0.3 is 5.97 Å². The highest BCUT2D eigenvalue weighted by atomic mass is 32.2. The van der Waals surface area contributed by atoms with E-state index < -0.39 is 0 Å². The van der Waals surface area contributed by atoms with Gasteiger partial charge in [-0.05, 0) is 56.2 Å². The Morgan fingerprint density at radius 1 is 1.21 bits per heavy atom. The van der Waals surface area contributed by atoms with E-state index >= 15 is 0 Å². The lowest BCUT2D eigenvalue weighted by Gasteiger charge is -2.08. The summed E-state index contributed by atoms with van der Waals surface area (Å²) in [5.74, 6) is 2.12. The van der Waals surface area contributed by atoms with Crippen LogP contribution in [0.4, 0.5) is 0 Å². The minimum Gasteiger partial charge on any atom is -0.494 e. The maximum absolute atomic E-state index is 11.1. The van der Waals surface area contributed by atoms with Crippen molar-refractivity contribution >= 4 is 17.7 Å². The fraction of sp³-hybridized carbons (Fsp3) is 0.533. The molecule has 0 aliphatic carbocycles. The van der Waals surface area contributed by atoms with Gasteiger partial charge in [-0.2, -0.15) is 11.8 Å². The fourth-order valence-electron chi connectivity index (χ4n) is 1.73. The van der Waals surface area contributed by atoms with Crippen molar-refractivity contribution in [2.75, 3.05) is 24.7 Å². The molecular weight excluding hydrogens is 260 g/mol. The standard InChI is InChI=1S/C15H22O3S/c1-4-17-15(16)11-19-7-5-6-18-14-9-12(2)8-13(3)10-14/h8-10H,4-7,11H2,1-3H3. The summed E-state index contributed by atoms with van der Waals surface area (Å²) < 4.78 is 10.5. The number of esters is 1. The van der Waals surface area contributed by atoms with Crippen LogP contribution in [-0.2, 0) is 9.53 Å². The van der Waals surface area contributed by atoms with Crippen LogP contribution in [0.15, 0.2) is 18.2 Å². The van der Waals surface area contributed by atoms with Crippen LogP contribution in [0.1, 0.15) is 24.5 Å². The van der Waals surface area contributed by atoms with Crippen LogP contribution in [0.25, 0.3) is 0 Å². The molecule has 1 aromatic carbocycles. The van der Waals surface area contributed by atoms with Gasteiger partial charge in [-0.15, -0.1) is 0 Å². The van der Waals surface area contributed by atoms with Gasteiger partial charge in [0.15, 0.2) is 0 Å². The molecule has 0 bridgehead atoms. The second-order valence-corrected chi connectivity index (χ2v) is 5.49. The second-order valence-electron chi connectivity index (χ2n) is 4.38. The highest BCUT2D eigenvalue weighted by Crippen LogP contribution is 2.16. The first-order valence-corrected chi connectivity index (χ1v) is 7.71. The largest absolute Gasteiger partial charge is 0.494 e. The molecule has 1 rings (SSSR count). The highest BCUT2D eigenvalue weighted by Gasteiger charge is 2.01. The lowest BCUT2D eigenvalue weighted by Crippen LogP contribution is -2.07. The van der Waals surface area contributed by atoms with Gasteiger partial charge in [0.05, 0.1) is 19.0 Å². The van der Waals surface area contributed by atoms with Gasteiger partial charge in [-0.25, -0.2) is 0 Å². The Bertz CT molecular complexity index is 384. The van der Waals surface area contributed by atoms with E-state index in [9.17, 15) is 4.79 Å². The van der Waals surface area contributed by atoms with Crippen LogP contribution < -0.4 is 4.74 Å². The fourth-order valence-corrected chi connectivity index (χ4v) is 2.44. The number of carbonyl (C=O) groups is 1. The molecule has 0 amide bonds. The maximum Gasteiger partial charge on any atom is 0.315 e. The number of hydrogen-bond donors (Lipinski definition) is 0. The molecule has 0 N–H and O–H groups in total. The van der Waals surface area contributed by atoms with Gasteiger partial charge in [0, 0.05) is 0 Å². The second kappa shape index (κ2) is 8.86. The van der Waals surface area contributed by atoms with Gasteiger partial charge in [0.25, 0.3) is 0 Å². The van der Waals surface area contributed by atoms with E-state index in [1.807, 2.05) is 19.1 Å². The van der Waals surface area contributed by atoms with Crippen molar-refractivity contribution < 1.29 is 14.3 Å². The van der Waals surface area contributed by atoms with Gasteiger partial charge in [-0.1, -0.05) is 6.07 Å². The van der Waals surface area contributed by atoms with Gasteiger partial charge in [-0.3, -0.25) is 4.79 Å². The molecule has 3 nitrogen and oxygen atoms in total. The lowest BCUT2D eigenvalue weighted by atomic mass is 10.1. The molecule has 19 heavy (non-hydrogen) atoms. The van der Waals surface area contributed by atoms with E-state index in [1.165, 1.54) is 11.1 Å². The summed E-state index contributed by atoms with van der Waals surface area (Å²) >= 11 is 1.59. The molecule has 0 aliphatic rings. The van der Waals surface area contributed by atoms with Crippen molar-refractivity contribution in [1.82, 2.24) is 0 Å². The van der Waals surface area contributed by atoms with E-state index in [4.69, 9.17) is 9.47 Å². The van der Waals surface area contributed by atoms with E-state index in [0.29, 0.717) is 19.0 Å². The molecule has 0 atom stereocenters. The first kappa shape index (κ1) is 15.9. The van der Waals surface area contributed by atoms with Gasteiger partial charge in [0.1, 0.15) is 5.75 Å². The number of rotatable bonds is 8. The molecule has 106 valence electrons. The lowest BCUT2D eigenvalue weighted by molar-refractivity contribution is -0.139. The average molecular weight is 282 g/mol. The van der Waals surface area contributed by atoms with Gasteiger partial charge in [0.2, 0.25) is 0 Å². The van der Waals surface area contributed by atoms with Crippen LogP contribution in [0, 0.1) is 13.8 Å². The smallest absolute Gasteiger partial charge is 0.315 e. The summed E-state index contributed by atoms with van der Waals surface area (Å²) in [7, 11) is 0. The predicted octanol–water partition coefficient (Wildman–Crippen LogP) is 3.37. The topological polar surface area (TPSA) is 35.5 Å². The van der Waals surface area contributed by atoms with E-state index in [-0.39, 0.29) is 5.97 Å². The normalized spacial score (nSPS) is 10.3. The Balaban J connectivity index is 2.12. The van der Waals surface area contributed by atoms with E-state index in [1.54, 1.807) is 11.8 Å². The number of aryl methyl sites for hydroxylation is 2. The summed E-state index contributed by atoms with van der Waals surface area (Å²) in [5, 5.41) is 0. The molecule has 0 saturated heterocycles. The average Bonchev–Trinajstić information content (AvgIpc) is 2.32. The quantitative estimate of drug-likeness (QED) is 0.541. The number of carbonyl (C=O) groups excluding carboxylic acids is 1. The SMILES string of the molecule is CCOC(=O)CSCCCOc1cc(C)cc(C)c1. The third-order valence-electron chi connectivity index (χ3n) is 2.42. The molecule has 4 heteroatoms. The summed E-state index contributed by atoms with van der Waals surface area (Å²) in [6.07, 6.45) is 0.928. The number of ether oxygens (including phenoxy) is 2. The predicted molar refractivity (Wildman–Crippen MR) is 80.0 cm³/mol. The van der Waals surface area contributed by atoms with Crippen LogP contribution in [0.5, 0.6) is 5.75 Å². The van der Waals surface area contributed by atoms with Crippen molar-refractivity contribution in [3.05, 3.63) is 29.3 Å². The molecule has 0 aliphatic heterocycles. The number of benzene rings is 1. The molecule has 0 aromatic heterocycles. The molecule has 0 fully saturated rings. The molecule has 0 spiro atoms. The Labute approximate surface area is 119 Å². The zero-order chi connectivity index (χ0) is 14.1. The summed E-state index contributed by atoms with van der Waals surface area (Å²) in [4.78, 5) is 11.1. The van der Waals surface area contributed by atoms with Crippen molar-refractivity contribution in [3.63, 3.8) is 0 Å². The molecule has 1 aromatic rings. The van der Waals surface area contributed by atoms with Crippen LogP contribution >= 0.6 is 11.8 Å². The van der Waals surface area contributed by atoms with Gasteiger partial charge < -0.3 is 9.47 Å². The Kier molecular flexibility index (Phi) is 7.41. The Morgan fingerprint density at radius 2 is 1.89 bits per heavy atom. The minimum atomic E-state index is -0.136. The maximum atomic E-state index is 11.1. The zero-order valence-electron chi connectivity index (χ0n) is 11.9. The molecule has 0 radical (unpaired) electrons. The molecule has 0 saturated carbocycles. The van der Waals surface area contributed by atoms with Crippen LogP contribution in [-0.4, -0.2) is 30.7 Å². The third-order valence-corrected chi connectivity index (χ3v) is 3.44. The van der Waals surface area contributed by atoms with Crippen LogP contribution in [0.2, 0.25) is 0 Å². The highest BCUT2D eigenvalue weighted by molar-refractivity contribution is 7.99. The minimum absolute atomic E-state index is 0.136. The third kappa shape index (κ3) is 7.11. The monoisotopic (exact) mass is 282 g/mol. The molecular formula is C15H22O3S. The molecule has 0 unspecified atom stereocenters. The number of hydrogen-bond acceptors (Lipinski definition) is 4. The Hall–Kier alpha value is -1.16. The van der Waals surface area contributed by atoms with Crippen LogP contribution in [0.3, 0.4) is 0 Å². The first-order chi connectivity index (χ1) is 9.11. The Morgan fingerprint density at radius 3 is 2.53 bits per heavy atom. The zero-order valence-corrected chi connectivity index (χ0v) is 12.7. The van der Waals surface area contributed by atoms with Crippen molar-refractivity contribution in [1.29, 1.82) is 0 Å². The number of thioether (sulfide) groups is 1. The summed E-state index contributed by atoms with van der Waals surface area (Å²) in [6.45, 7) is 7.08. The first-order valence-electron chi connectivity index (χ1n) is 6.56. The van der Waals surface area contributed by atoms with Crippen molar-refractivity contribution in [2.45, 2.75) is 27.2 Å². The van der Waals surface area contributed by atoms with E-state index in [0.717, 1.165) is 17.9 Å². The van der Waals surface area contributed by atoms with E-state index in [2.05, 4.69) is 19.9 Å². The molecule has 0 heterocycles. The summed E-state index contributed by atoms with van der Waals surface area (Å²) in [6, 6.07) is 6.21. The van der Waals surface area contributed by atoms with Crippen molar-refractivity contribution in [2.24, 2.45) is 0 Å². The van der Waals surface area contributed by atoms with Crippen molar-refractivity contribution in [3.8, 4) is 5.75 Å². The summed E-state index contributed by atoms with van der Waals surface area (Å²) in [5.41, 5.74) is 2.43.